The minimum atomic E-state index is -0.530. The molecule has 0 aromatic heterocycles. The SMILES string of the molecule is O=C(NCC1(c2ccc(F)cc2)CC1)c1cccc([N+](=O)[O-])c1. The molecule has 23 heavy (non-hydrogen) atoms. The van der Waals surface area contributed by atoms with Gasteiger partial charge in [0, 0.05) is 29.7 Å². The first-order valence-corrected chi connectivity index (χ1v) is 7.29. The van der Waals surface area contributed by atoms with Gasteiger partial charge in [0.15, 0.2) is 0 Å². The summed E-state index contributed by atoms with van der Waals surface area (Å²) in [5, 5.41) is 13.6. The molecule has 0 aliphatic heterocycles. The topological polar surface area (TPSA) is 72.2 Å². The van der Waals surface area contributed by atoms with Gasteiger partial charge in [-0.2, -0.15) is 0 Å². The van der Waals surface area contributed by atoms with Gasteiger partial charge in [0.1, 0.15) is 5.82 Å². The van der Waals surface area contributed by atoms with Crippen LogP contribution < -0.4 is 5.32 Å². The van der Waals surface area contributed by atoms with Crippen LogP contribution in [0.1, 0.15) is 28.8 Å². The molecule has 2 aromatic rings. The molecule has 118 valence electrons. The van der Waals surface area contributed by atoms with Gasteiger partial charge in [-0.15, -0.1) is 0 Å². The molecule has 3 rings (SSSR count). The van der Waals surface area contributed by atoms with Gasteiger partial charge in [-0.3, -0.25) is 14.9 Å². The number of rotatable bonds is 5. The van der Waals surface area contributed by atoms with E-state index >= 15 is 0 Å². The molecular formula is C17H15FN2O3. The summed E-state index contributed by atoms with van der Waals surface area (Å²) in [6, 6.07) is 11.9. The Balaban J connectivity index is 1.68. The van der Waals surface area contributed by atoms with Crippen molar-refractivity contribution >= 4 is 11.6 Å². The van der Waals surface area contributed by atoms with E-state index in [1.165, 1.54) is 30.3 Å². The molecule has 1 amide bonds. The second-order valence-corrected chi connectivity index (χ2v) is 5.78. The predicted octanol–water partition coefficient (Wildman–Crippen LogP) is 3.20. The number of nitro groups is 1. The summed E-state index contributed by atoms with van der Waals surface area (Å²) >= 11 is 0. The quantitative estimate of drug-likeness (QED) is 0.680. The van der Waals surface area contributed by atoms with Crippen LogP contribution in [-0.2, 0) is 5.41 Å². The third kappa shape index (κ3) is 3.21. The van der Waals surface area contributed by atoms with Gasteiger partial charge < -0.3 is 5.32 Å². The molecule has 0 atom stereocenters. The normalized spacial score (nSPS) is 15.0. The lowest BCUT2D eigenvalue weighted by atomic mass is 9.96. The Morgan fingerprint density at radius 1 is 1.22 bits per heavy atom. The number of nitrogens with zero attached hydrogens (tertiary/aromatic N) is 1. The number of benzene rings is 2. The number of nitrogens with one attached hydrogen (secondary N) is 1. The van der Waals surface area contributed by atoms with E-state index in [1.807, 2.05) is 0 Å². The maximum absolute atomic E-state index is 13.0. The molecule has 1 saturated carbocycles. The molecule has 0 radical (unpaired) electrons. The average Bonchev–Trinajstić information content (AvgIpc) is 3.34. The third-order valence-corrected chi connectivity index (χ3v) is 4.22. The number of amides is 1. The van der Waals surface area contributed by atoms with Gasteiger partial charge in [-0.05, 0) is 36.6 Å². The Kier molecular flexibility index (Phi) is 3.82. The van der Waals surface area contributed by atoms with Gasteiger partial charge in [0.2, 0.25) is 0 Å². The van der Waals surface area contributed by atoms with E-state index in [-0.39, 0.29) is 28.4 Å². The second kappa shape index (κ2) is 5.79. The summed E-state index contributed by atoms with van der Waals surface area (Å²) in [6.45, 7) is 0.431. The van der Waals surface area contributed by atoms with E-state index in [2.05, 4.69) is 5.32 Å². The fourth-order valence-electron chi connectivity index (χ4n) is 2.63. The Morgan fingerprint density at radius 2 is 1.91 bits per heavy atom. The number of hydrogen-bond acceptors (Lipinski definition) is 3. The lowest BCUT2D eigenvalue weighted by Crippen LogP contribution is -2.32. The van der Waals surface area contributed by atoms with Gasteiger partial charge >= 0.3 is 0 Å². The molecule has 2 aromatic carbocycles. The maximum atomic E-state index is 13.0. The molecular weight excluding hydrogens is 299 g/mol. The number of hydrogen-bond donors (Lipinski definition) is 1. The fraction of sp³-hybridized carbons (Fsp3) is 0.235. The van der Waals surface area contributed by atoms with Crippen LogP contribution in [0.15, 0.2) is 48.5 Å². The van der Waals surface area contributed by atoms with Crippen LogP contribution >= 0.6 is 0 Å². The molecule has 6 heteroatoms. The van der Waals surface area contributed by atoms with Crippen LogP contribution in [0.5, 0.6) is 0 Å². The summed E-state index contributed by atoms with van der Waals surface area (Å²) < 4.78 is 13.0. The fourth-order valence-corrected chi connectivity index (χ4v) is 2.63. The molecule has 0 bridgehead atoms. The lowest BCUT2D eigenvalue weighted by Gasteiger charge is -2.16. The highest BCUT2D eigenvalue weighted by molar-refractivity contribution is 5.94. The van der Waals surface area contributed by atoms with Crippen molar-refractivity contribution < 1.29 is 14.1 Å². The standard InChI is InChI=1S/C17H15FN2O3/c18-14-6-4-13(5-7-14)17(8-9-17)11-19-16(21)12-2-1-3-15(10-12)20(22)23/h1-7,10H,8-9,11H2,(H,19,21). The minimum Gasteiger partial charge on any atom is -0.351 e. The van der Waals surface area contributed by atoms with Gasteiger partial charge in [0.25, 0.3) is 11.6 Å². The van der Waals surface area contributed by atoms with Crippen molar-refractivity contribution in [2.24, 2.45) is 0 Å². The van der Waals surface area contributed by atoms with Crippen molar-refractivity contribution in [1.82, 2.24) is 5.32 Å². The number of carbonyl (C=O) groups is 1. The Bertz CT molecular complexity index is 755. The molecule has 0 unspecified atom stereocenters. The zero-order valence-corrected chi connectivity index (χ0v) is 12.3. The van der Waals surface area contributed by atoms with Gasteiger partial charge in [-0.25, -0.2) is 4.39 Å². The molecule has 0 saturated heterocycles. The monoisotopic (exact) mass is 314 g/mol. The smallest absolute Gasteiger partial charge is 0.270 e. The van der Waals surface area contributed by atoms with Crippen LogP contribution in [0.2, 0.25) is 0 Å². The van der Waals surface area contributed by atoms with Crippen molar-refractivity contribution in [3.63, 3.8) is 0 Å². The average molecular weight is 314 g/mol. The second-order valence-electron chi connectivity index (χ2n) is 5.78. The van der Waals surface area contributed by atoms with Crippen molar-refractivity contribution in [2.75, 3.05) is 6.54 Å². The molecule has 5 nitrogen and oxygen atoms in total. The minimum absolute atomic E-state index is 0.114. The largest absolute Gasteiger partial charge is 0.351 e. The maximum Gasteiger partial charge on any atom is 0.270 e. The first-order valence-electron chi connectivity index (χ1n) is 7.29. The zero-order chi connectivity index (χ0) is 16.4. The van der Waals surface area contributed by atoms with Gasteiger partial charge in [0.05, 0.1) is 4.92 Å². The van der Waals surface area contributed by atoms with Crippen LogP contribution in [0.3, 0.4) is 0 Å². The van der Waals surface area contributed by atoms with Crippen LogP contribution in [0.25, 0.3) is 0 Å². The number of carbonyl (C=O) groups excluding carboxylic acids is 1. The highest BCUT2D eigenvalue weighted by Gasteiger charge is 2.44. The Hall–Kier alpha value is -2.76. The molecule has 1 N–H and O–H groups in total. The summed E-state index contributed by atoms with van der Waals surface area (Å²) in [7, 11) is 0. The summed E-state index contributed by atoms with van der Waals surface area (Å²) in [6.07, 6.45) is 1.85. The molecule has 1 aliphatic carbocycles. The third-order valence-electron chi connectivity index (χ3n) is 4.22. The molecule has 1 aliphatic rings. The van der Waals surface area contributed by atoms with E-state index in [9.17, 15) is 19.3 Å². The summed E-state index contributed by atoms with van der Waals surface area (Å²) in [4.78, 5) is 22.4. The lowest BCUT2D eigenvalue weighted by molar-refractivity contribution is -0.384. The van der Waals surface area contributed by atoms with Crippen molar-refractivity contribution in [3.05, 3.63) is 75.6 Å². The molecule has 1 fully saturated rings. The zero-order valence-electron chi connectivity index (χ0n) is 12.3. The van der Waals surface area contributed by atoms with E-state index in [4.69, 9.17) is 0 Å². The number of halogens is 1. The first-order chi connectivity index (χ1) is 11.0. The predicted molar refractivity (Wildman–Crippen MR) is 82.7 cm³/mol. The number of nitro benzene ring substituents is 1. The molecule has 0 heterocycles. The first kappa shape index (κ1) is 15.1. The summed E-state index contributed by atoms with van der Waals surface area (Å²) in [5.41, 5.74) is 0.994. The van der Waals surface area contributed by atoms with Crippen LogP contribution in [0, 0.1) is 15.9 Å². The van der Waals surface area contributed by atoms with E-state index in [1.54, 1.807) is 18.2 Å². The van der Waals surface area contributed by atoms with E-state index in [0.717, 1.165) is 18.4 Å². The Morgan fingerprint density at radius 3 is 2.52 bits per heavy atom. The van der Waals surface area contributed by atoms with E-state index in [0.29, 0.717) is 6.54 Å². The van der Waals surface area contributed by atoms with Crippen LogP contribution in [0.4, 0.5) is 10.1 Å². The van der Waals surface area contributed by atoms with Crippen molar-refractivity contribution in [3.8, 4) is 0 Å². The van der Waals surface area contributed by atoms with Crippen molar-refractivity contribution in [2.45, 2.75) is 18.3 Å². The highest BCUT2D eigenvalue weighted by Crippen LogP contribution is 2.47. The summed E-state index contributed by atoms with van der Waals surface area (Å²) in [5.74, 6) is -0.632. The number of non-ortho nitro benzene ring substituents is 1. The van der Waals surface area contributed by atoms with Crippen molar-refractivity contribution in [1.29, 1.82) is 0 Å². The van der Waals surface area contributed by atoms with Crippen LogP contribution in [-0.4, -0.2) is 17.4 Å². The highest BCUT2D eigenvalue weighted by atomic mass is 19.1. The van der Waals surface area contributed by atoms with E-state index < -0.39 is 4.92 Å². The van der Waals surface area contributed by atoms with Gasteiger partial charge in [-0.1, -0.05) is 18.2 Å². The molecule has 0 spiro atoms. The Labute approximate surface area is 132 Å².